The molecule has 11 heavy (non-hydrogen) atoms. The van der Waals surface area contributed by atoms with Crippen molar-refractivity contribution in [3.8, 4) is 0 Å². The lowest BCUT2D eigenvalue weighted by atomic mass is 10.5. The molecule has 0 aliphatic heterocycles. The van der Waals surface area contributed by atoms with Crippen molar-refractivity contribution >= 4 is 0 Å². The fourth-order valence-electron chi connectivity index (χ4n) is 0.313. The summed E-state index contributed by atoms with van der Waals surface area (Å²) in [6.07, 6.45) is 3.50. The molecule has 1 rings (SSSR count). The summed E-state index contributed by atoms with van der Waals surface area (Å²) in [5.41, 5.74) is 0. The molecule has 0 saturated carbocycles. The first-order chi connectivity index (χ1) is 4.00. The molecule has 0 atom stereocenters. The third-order valence-corrected chi connectivity index (χ3v) is 0.566. The molecular formula is C10H23N. The molecule has 68 valence electrons. The van der Waals surface area contributed by atoms with Crippen LogP contribution in [0.25, 0.3) is 0 Å². The van der Waals surface area contributed by atoms with Crippen LogP contribution in [0.5, 0.6) is 0 Å². The Bertz CT molecular complexity index is 76.8. The predicted molar refractivity (Wildman–Crippen MR) is 55.8 cm³/mol. The molecule has 0 radical (unpaired) electrons. The Hall–Kier alpha value is -0.850. The van der Waals surface area contributed by atoms with Crippen LogP contribution in [0.1, 0.15) is 36.1 Å². The highest BCUT2D eigenvalue weighted by atomic mass is 14.6. The lowest BCUT2D eigenvalue weighted by molar-refractivity contribution is 1.33. The zero-order valence-corrected chi connectivity index (χ0v) is 5.33. The molecule has 1 aromatic heterocycles. The number of hydrogen-bond acceptors (Lipinski definition) is 1. The third kappa shape index (κ3) is 17.6. The maximum Gasteiger partial charge on any atom is 0.0267 e. The van der Waals surface area contributed by atoms with Crippen molar-refractivity contribution in [1.82, 2.24) is 4.98 Å². The van der Waals surface area contributed by atoms with Crippen molar-refractivity contribution in [3.05, 3.63) is 30.6 Å². The van der Waals surface area contributed by atoms with Gasteiger partial charge in [-0.25, -0.2) is 0 Å². The Balaban J connectivity index is -0.0000000459. The van der Waals surface area contributed by atoms with Gasteiger partial charge in [0.15, 0.2) is 0 Å². The minimum absolute atomic E-state index is 0. The van der Waals surface area contributed by atoms with Crippen LogP contribution in [0.2, 0.25) is 0 Å². The van der Waals surface area contributed by atoms with E-state index >= 15 is 0 Å². The summed E-state index contributed by atoms with van der Waals surface area (Å²) in [5, 5.41) is 0. The van der Waals surface area contributed by atoms with Crippen LogP contribution in [-0.2, 0) is 0 Å². The van der Waals surface area contributed by atoms with Gasteiger partial charge < -0.3 is 0 Å². The molecule has 1 heteroatoms. The molecule has 0 fully saturated rings. The summed E-state index contributed by atoms with van der Waals surface area (Å²) in [4.78, 5) is 3.78. The molecule has 0 aliphatic rings. The summed E-state index contributed by atoms with van der Waals surface area (Å²) < 4.78 is 0. The Labute approximate surface area is 72.5 Å². The average Bonchev–Trinajstić information content (AvgIpc) is 1.96. The zero-order chi connectivity index (χ0) is 6.24. The molecule has 0 spiro atoms. The number of rotatable bonds is 0. The van der Waals surface area contributed by atoms with E-state index in [1.807, 2.05) is 32.0 Å². The van der Waals surface area contributed by atoms with Crippen molar-refractivity contribution in [1.29, 1.82) is 0 Å². The molecule has 0 aromatic carbocycles. The zero-order valence-electron chi connectivity index (χ0n) is 5.33. The van der Waals surface area contributed by atoms with Gasteiger partial charge in [0.1, 0.15) is 0 Å². The second kappa shape index (κ2) is 22.9. The molecular weight excluding hydrogens is 134 g/mol. The van der Waals surface area contributed by atoms with Crippen molar-refractivity contribution < 1.29 is 0 Å². The quantitative estimate of drug-likeness (QED) is 0.554. The molecule has 0 unspecified atom stereocenters. The van der Waals surface area contributed by atoms with Crippen LogP contribution >= 0.6 is 0 Å². The van der Waals surface area contributed by atoms with E-state index in [2.05, 4.69) is 4.98 Å². The van der Waals surface area contributed by atoms with Gasteiger partial charge in [0, 0.05) is 12.4 Å². The number of hydrogen-bond donors (Lipinski definition) is 0. The fraction of sp³-hybridized carbons (Fsp3) is 0.500. The smallest absolute Gasteiger partial charge is 0.0267 e. The van der Waals surface area contributed by atoms with Crippen LogP contribution in [0, 0.1) is 0 Å². The molecule has 0 bridgehead atoms. The first-order valence-corrected chi connectivity index (χ1v) is 2.85. The van der Waals surface area contributed by atoms with E-state index in [-0.39, 0.29) is 22.3 Å². The normalized spacial score (nSPS) is 4.91. The summed E-state index contributed by atoms with van der Waals surface area (Å²) in [6, 6.07) is 5.72. The van der Waals surface area contributed by atoms with Gasteiger partial charge in [-0.15, -0.1) is 0 Å². The summed E-state index contributed by atoms with van der Waals surface area (Å²) in [6.45, 7) is 4.00. The van der Waals surface area contributed by atoms with Crippen molar-refractivity contribution in [2.75, 3.05) is 0 Å². The Morgan fingerprint density at radius 2 is 1.09 bits per heavy atom. The lowest BCUT2D eigenvalue weighted by Crippen LogP contribution is -1.58. The van der Waals surface area contributed by atoms with E-state index in [4.69, 9.17) is 0 Å². The molecule has 0 aliphatic carbocycles. The minimum Gasteiger partial charge on any atom is -0.265 e. The minimum atomic E-state index is 0. The largest absolute Gasteiger partial charge is 0.265 e. The lowest BCUT2D eigenvalue weighted by Gasteiger charge is -1.70. The molecule has 0 amide bonds. The van der Waals surface area contributed by atoms with E-state index < -0.39 is 0 Å². The van der Waals surface area contributed by atoms with Gasteiger partial charge >= 0.3 is 0 Å². The van der Waals surface area contributed by atoms with Crippen LogP contribution in [0.15, 0.2) is 30.6 Å². The van der Waals surface area contributed by atoms with Gasteiger partial charge in [0.05, 0.1) is 0 Å². The highest BCUT2D eigenvalue weighted by Gasteiger charge is 1.58. The average molecular weight is 157 g/mol. The maximum atomic E-state index is 3.78. The Morgan fingerprint density at radius 3 is 1.18 bits per heavy atom. The summed E-state index contributed by atoms with van der Waals surface area (Å²) in [5.74, 6) is 0. The van der Waals surface area contributed by atoms with Crippen LogP contribution in [0.3, 0.4) is 0 Å². The fourth-order valence-corrected chi connectivity index (χ4v) is 0.313. The Kier molecular flexibility index (Phi) is 46.8. The van der Waals surface area contributed by atoms with E-state index in [1.54, 1.807) is 12.4 Å². The topological polar surface area (TPSA) is 12.9 Å². The van der Waals surface area contributed by atoms with Gasteiger partial charge in [-0.05, 0) is 12.1 Å². The number of nitrogens with zero attached hydrogens (tertiary/aromatic N) is 1. The molecule has 1 heterocycles. The maximum absolute atomic E-state index is 3.78. The highest BCUT2D eigenvalue weighted by molar-refractivity contribution is 4.88. The van der Waals surface area contributed by atoms with Crippen molar-refractivity contribution in [3.63, 3.8) is 0 Å². The molecule has 0 saturated heterocycles. The van der Waals surface area contributed by atoms with Gasteiger partial charge in [0.2, 0.25) is 0 Å². The first-order valence-electron chi connectivity index (χ1n) is 2.85. The number of pyridine rings is 1. The van der Waals surface area contributed by atoms with Gasteiger partial charge in [0.25, 0.3) is 0 Å². The monoisotopic (exact) mass is 157 g/mol. The molecule has 0 N–H and O–H groups in total. The van der Waals surface area contributed by atoms with Crippen LogP contribution in [-0.4, -0.2) is 4.98 Å². The summed E-state index contributed by atoms with van der Waals surface area (Å²) >= 11 is 0. The van der Waals surface area contributed by atoms with Crippen LogP contribution < -0.4 is 0 Å². The van der Waals surface area contributed by atoms with E-state index in [0.717, 1.165) is 0 Å². The van der Waals surface area contributed by atoms with Crippen molar-refractivity contribution in [2.24, 2.45) is 0 Å². The highest BCUT2D eigenvalue weighted by Crippen LogP contribution is 1.73. The third-order valence-electron chi connectivity index (χ3n) is 0.566. The molecule has 1 nitrogen and oxygen atoms in total. The molecule has 1 aromatic rings. The van der Waals surface area contributed by atoms with Crippen LogP contribution in [0.4, 0.5) is 0 Å². The summed E-state index contributed by atoms with van der Waals surface area (Å²) in [7, 11) is 0. The van der Waals surface area contributed by atoms with E-state index in [1.165, 1.54) is 0 Å². The SMILES string of the molecule is C.C.C.CC.c1ccncc1. The standard InChI is InChI=1S/C5H5N.C2H6.3CH4/c1-2-4-6-5-3-1;1-2;;;/h1-5H;1-2H3;3*1H4. The van der Waals surface area contributed by atoms with Gasteiger partial charge in [-0.3, -0.25) is 4.98 Å². The van der Waals surface area contributed by atoms with Gasteiger partial charge in [-0.1, -0.05) is 42.2 Å². The Morgan fingerprint density at radius 1 is 0.727 bits per heavy atom. The van der Waals surface area contributed by atoms with Crippen molar-refractivity contribution in [2.45, 2.75) is 36.1 Å². The first kappa shape index (κ1) is 22.5. The number of aromatic nitrogens is 1. The second-order valence-corrected chi connectivity index (χ2v) is 1.02. The van der Waals surface area contributed by atoms with E-state index in [9.17, 15) is 0 Å². The second-order valence-electron chi connectivity index (χ2n) is 1.02. The van der Waals surface area contributed by atoms with E-state index in [0.29, 0.717) is 0 Å². The van der Waals surface area contributed by atoms with Gasteiger partial charge in [-0.2, -0.15) is 0 Å². The predicted octanol–water partition coefficient (Wildman–Crippen LogP) is 4.02.